The predicted molar refractivity (Wildman–Crippen MR) is 106 cm³/mol. The lowest BCUT2D eigenvalue weighted by molar-refractivity contribution is 0.413. The number of hydrogen-bond donors (Lipinski definition) is 2. The van der Waals surface area contributed by atoms with Crippen molar-refractivity contribution >= 4 is 10.9 Å². The molecule has 3 nitrogen and oxygen atoms in total. The van der Waals surface area contributed by atoms with Gasteiger partial charge in [0.2, 0.25) is 0 Å². The van der Waals surface area contributed by atoms with Gasteiger partial charge in [0.25, 0.3) is 0 Å². The van der Waals surface area contributed by atoms with E-state index in [-0.39, 0.29) is 0 Å². The van der Waals surface area contributed by atoms with Crippen molar-refractivity contribution in [3.63, 3.8) is 0 Å². The van der Waals surface area contributed by atoms with Crippen LogP contribution in [0.5, 0.6) is 5.75 Å². The molecule has 0 aliphatic rings. The molecule has 2 aromatic carbocycles. The number of nitrogens with one attached hydrogen (secondary N) is 1. The molecule has 0 fully saturated rings. The quantitative estimate of drug-likeness (QED) is 0.597. The lowest BCUT2D eigenvalue weighted by atomic mass is 9.97. The van der Waals surface area contributed by atoms with Gasteiger partial charge in [-0.25, -0.2) is 0 Å². The molecule has 0 saturated carbocycles. The van der Waals surface area contributed by atoms with Gasteiger partial charge in [0.05, 0.1) is 12.8 Å². The predicted octanol–water partition coefficient (Wildman–Crippen LogP) is 5.00. The summed E-state index contributed by atoms with van der Waals surface area (Å²) in [5.41, 5.74) is 13.2. The first-order valence-corrected chi connectivity index (χ1v) is 9.17. The van der Waals surface area contributed by atoms with Crippen LogP contribution in [0.3, 0.4) is 0 Å². The minimum atomic E-state index is 0.742. The number of aromatic amines is 1. The maximum atomic E-state index is 5.72. The van der Waals surface area contributed by atoms with Crippen LogP contribution in [0, 0.1) is 6.92 Å². The number of benzene rings is 2. The Labute approximate surface area is 150 Å². The zero-order chi connectivity index (χ0) is 17.8. The molecule has 132 valence electrons. The number of H-pyrrole nitrogens is 1. The summed E-state index contributed by atoms with van der Waals surface area (Å²) >= 11 is 0. The van der Waals surface area contributed by atoms with E-state index >= 15 is 0 Å². The summed E-state index contributed by atoms with van der Waals surface area (Å²) in [4.78, 5) is 3.72. The second kappa shape index (κ2) is 7.75. The number of fused-ring (bicyclic) bond motifs is 1. The zero-order valence-corrected chi connectivity index (χ0v) is 15.5. The Morgan fingerprint density at radius 3 is 2.60 bits per heavy atom. The van der Waals surface area contributed by atoms with E-state index in [9.17, 15) is 0 Å². The second-order valence-electron chi connectivity index (χ2n) is 6.57. The molecule has 0 amide bonds. The topological polar surface area (TPSA) is 51.0 Å². The highest BCUT2D eigenvalue weighted by atomic mass is 16.5. The van der Waals surface area contributed by atoms with Crippen LogP contribution in [0.15, 0.2) is 36.4 Å². The molecule has 0 unspecified atom stereocenters. The fourth-order valence-corrected chi connectivity index (χ4v) is 3.68. The van der Waals surface area contributed by atoms with Gasteiger partial charge >= 0.3 is 0 Å². The van der Waals surface area contributed by atoms with Crippen molar-refractivity contribution in [1.29, 1.82) is 0 Å². The van der Waals surface area contributed by atoms with Gasteiger partial charge in [-0.3, -0.25) is 0 Å². The van der Waals surface area contributed by atoms with E-state index in [4.69, 9.17) is 10.5 Å². The van der Waals surface area contributed by atoms with Crippen molar-refractivity contribution in [1.82, 2.24) is 4.98 Å². The molecule has 3 aromatic rings. The van der Waals surface area contributed by atoms with Crippen LogP contribution in [0.2, 0.25) is 0 Å². The number of hydrogen-bond acceptors (Lipinski definition) is 2. The Balaban J connectivity index is 2.23. The maximum absolute atomic E-state index is 5.72. The Bertz CT molecular complexity index is 864. The van der Waals surface area contributed by atoms with Crippen LogP contribution in [0.1, 0.15) is 36.5 Å². The molecule has 25 heavy (non-hydrogen) atoms. The molecule has 0 spiro atoms. The first-order valence-electron chi connectivity index (χ1n) is 9.17. The number of methoxy groups -OCH3 is 1. The Kier molecular flexibility index (Phi) is 5.44. The zero-order valence-electron chi connectivity index (χ0n) is 15.5. The Morgan fingerprint density at radius 1 is 1.08 bits per heavy atom. The maximum Gasteiger partial charge on any atom is 0.131 e. The van der Waals surface area contributed by atoms with Crippen LogP contribution < -0.4 is 10.5 Å². The number of unbranched alkanes of at least 4 members (excludes halogenated alkanes) is 1. The molecule has 0 bridgehead atoms. The molecule has 0 aliphatic heterocycles. The van der Waals surface area contributed by atoms with Crippen molar-refractivity contribution in [3.05, 3.63) is 53.1 Å². The van der Waals surface area contributed by atoms with Crippen molar-refractivity contribution in [2.75, 3.05) is 13.7 Å². The summed E-state index contributed by atoms with van der Waals surface area (Å²) in [6.07, 6.45) is 4.19. The molecule has 1 aromatic heterocycles. The normalized spacial score (nSPS) is 11.2. The van der Waals surface area contributed by atoms with Gasteiger partial charge in [-0.15, -0.1) is 0 Å². The van der Waals surface area contributed by atoms with Crippen molar-refractivity contribution in [2.45, 2.75) is 39.5 Å². The summed E-state index contributed by atoms with van der Waals surface area (Å²) in [5, 5.41) is 1.33. The number of nitrogens with two attached hydrogens (primary N) is 1. The molecule has 1 heterocycles. The smallest absolute Gasteiger partial charge is 0.131 e. The molecule has 0 atom stereocenters. The molecular formula is C22H28N2O. The van der Waals surface area contributed by atoms with E-state index in [2.05, 4.69) is 55.2 Å². The highest BCUT2D eigenvalue weighted by Gasteiger charge is 2.18. The summed E-state index contributed by atoms with van der Waals surface area (Å²) in [6, 6.07) is 12.9. The minimum Gasteiger partial charge on any atom is -0.496 e. The second-order valence-corrected chi connectivity index (χ2v) is 6.57. The lowest BCUT2D eigenvalue weighted by Gasteiger charge is -2.12. The SMILES string of the molecule is CCc1cccc2c(CCCCN)c(-c3cccc(C)c3OC)[nH]c12. The van der Waals surface area contributed by atoms with Crippen LogP contribution in [0.25, 0.3) is 22.2 Å². The van der Waals surface area contributed by atoms with Gasteiger partial charge in [0, 0.05) is 16.5 Å². The van der Waals surface area contributed by atoms with Crippen LogP contribution in [0.4, 0.5) is 0 Å². The molecule has 0 saturated heterocycles. The lowest BCUT2D eigenvalue weighted by Crippen LogP contribution is -1.99. The molecule has 3 heteroatoms. The fourth-order valence-electron chi connectivity index (χ4n) is 3.68. The number of rotatable bonds is 7. The first-order chi connectivity index (χ1) is 12.2. The highest BCUT2D eigenvalue weighted by Crippen LogP contribution is 2.38. The minimum absolute atomic E-state index is 0.742. The number of aryl methyl sites for hydroxylation is 3. The average Bonchev–Trinajstić information content (AvgIpc) is 3.00. The third kappa shape index (κ3) is 3.29. The molecular weight excluding hydrogens is 308 g/mol. The standard InChI is InChI=1S/C22H28N2O/c1-4-16-10-8-12-17-18(11-5-6-14-23)21(24-20(16)17)19-13-7-9-15(2)22(19)25-3/h7-10,12-13,24H,4-6,11,14,23H2,1-3H3. The largest absolute Gasteiger partial charge is 0.496 e. The monoisotopic (exact) mass is 336 g/mol. The molecule has 0 radical (unpaired) electrons. The van der Waals surface area contributed by atoms with Gasteiger partial charge in [-0.05, 0) is 61.9 Å². The average molecular weight is 336 g/mol. The summed E-state index contributed by atoms with van der Waals surface area (Å²) in [7, 11) is 1.75. The van der Waals surface area contributed by atoms with Crippen LogP contribution in [-0.2, 0) is 12.8 Å². The van der Waals surface area contributed by atoms with Gasteiger partial charge in [-0.2, -0.15) is 0 Å². The van der Waals surface area contributed by atoms with Gasteiger partial charge in [-0.1, -0.05) is 37.3 Å². The third-order valence-corrected chi connectivity index (χ3v) is 4.97. The summed E-state index contributed by atoms with van der Waals surface area (Å²) in [5.74, 6) is 0.951. The number of para-hydroxylation sites is 2. The first kappa shape index (κ1) is 17.6. The van der Waals surface area contributed by atoms with Gasteiger partial charge in [0.15, 0.2) is 0 Å². The number of ether oxygens (including phenoxy) is 1. The third-order valence-electron chi connectivity index (χ3n) is 4.97. The fraction of sp³-hybridized carbons (Fsp3) is 0.364. The van der Waals surface area contributed by atoms with E-state index in [1.807, 2.05) is 0 Å². The molecule has 3 rings (SSSR count). The molecule has 0 aliphatic carbocycles. The van der Waals surface area contributed by atoms with E-state index in [0.717, 1.165) is 49.1 Å². The Hall–Kier alpha value is -2.26. The summed E-state index contributed by atoms with van der Waals surface area (Å²) < 4.78 is 5.72. The van der Waals surface area contributed by atoms with E-state index in [0.29, 0.717) is 0 Å². The van der Waals surface area contributed by atoms with Crippen molar-refractivity contribution < 1.29 is 4.74 Å². The van der Waals surface area contributed by atoms with Gasteiger partial charge in [0.1, 0.15) is 5.75 Å². The van der Waals surface area contributed by atoms with Crippen LogP contribution in [-0.4, -0.2) is 18.6 Å². The number of aromatic nitrogens is 1. The van der Waals surface area contributed by atoms with Crippen LogP contribution >= 0.6 is 0 Å². The Morgan fingerprint density at radius 2 is 1.88 bits per heavy atom. The highest BCUT2D eigenvalue weighted by molar-refractivity contribution is 5.94. The van der Waals surface area contributed by atoms with Gasteiger partial charge < -0.3 is 15.5 Å². The van der Waals surface area contributed by atoms with E-state index < -0.39 is 0 Å². The van der Waals surface area contributed by atoms with E-state index in [1.165, 1.54) is 27.7 Å². The van der Waals surface area contributed by atoms with Crippen molar-refractivity contribution in [2.24, 2.45) is 5.73 Å². The van der Waals surface area contributed by atoms with E-state index in [1.54, 1.807) is 7.11 Å². The van der Waals surface area contributed by atoms with Crippen molar-refractivity contribution in [3.8, 4) is 17.0 Å². The molecule has 3 N–H and O–H groups in total. The summed E-state index contributed by atoms with van der Waals surface area (Å²) in [6.45, 7) is 5.04.